The Morgan fingerprint density at radius 2 is 1.77 bits per heavy atom. The Morgan fingerprint density at radius 1 is 1.08 bits per heavy atom. The Labute approximate surface area is 152 Å². The molecule has 0 aliphatic rings. The van der Waals surface area contributed by atoms with Crippen LogP contribution in [0.5, 0.6) is 0 Å². The van der Waals surface area contributed by atoms with Crippen LogP contribution in [0.2, 0.25) is 0 Å². The Morgan fingerprint density at radius 3 is 2.42 bits per heavy atom. The summed E-state index contributed by atoms with van der Waals surface area (Å²) in [6.45, 7) is 1.90. The van der Waals surface area contributed by atoms with Gasteiger partial charge in [-0.15, -0.1) is 0 Å². The van der Waals surface area contributed by atoms with Crippen molar-refractivity contribution in [3.05, 3.63) is 78.1 Å². The summed E-state index contributed by atoms with van der Waals surface area (Å²) in [6.07, 6.45) is 3.68. The van der Waals surface area contributed by atoms with Crippen LogP contribution in [0.3, 0.4) is 0 Å². The standard InChI is InChI=1S/C20H20N4O2/c1-15(25)22-18-10-8-17(9-11-18)20(26)23(2)13-16-12-21-24(14-16)19-6-4-3-5-7-19/h3-12,14H,13H2,1-2H3,(H,22,25). The second-order valence-electron chi connectivity index (χ2n) is 6.05. The summed E-state index contributed by atoms with van der Waals surface area (Å²) in [5.74, 6) is -0.233. The van der Waals surface area contributed by atoms with E-state index in [4.69, 9.17) is 0 Å². The summed E-state index contributed by atoms with van der Waals surface area (Å²) in [6, 6.07) is 16.7. The molecule has 3 aromatic rings. The molecule has 26 heavy (non-hydrogen) atoms. The van der Waals surface area contributed by atoms with E-state index in [0.717, 1.165) is 11.3 Å². The first-order valence-corrected chi connectivity index (χ1v) is 8.25. The van der Waals surface area contributed by atoms with Crippen molar-refractivity contribution < 1.29 is 9.59 Å². The highest BCUT2D eigenvalue weighted by Crippen LogP contribution is 2.14. The molecule has 1 heterocycles. The molecule has 0 spiro atoms. The molecule has 1 N–H and O–H groups in total. The van der Waals surface area contributed by atoms with Crippen molar-refractivity contribution in [2.75, 3.05) is 12.4 Å². The van der Waals surface area contributed by atoms with E-state index in [1.54, 1.807) is 47.1 Å². The quantitative estimate of drug-likeness (QED) is 0.770. The van der Waals surface area contributed by atoms with Crippen LogP contribution in [-0.4, -0.2) is 33.5 Å². The van der Waals surface area contributed by atoms with Gasteiger partial charge in [-0.25, -0.2) is 4.68 Å². The van der Waals surface area contributed by atoms with Gasteiger partial charge in [0.05, 0.1) is 11.9 Å². The number of nitrogens with one attached hydrogen (secondary N) is 1. The first-order valence-electron chi connectivity index (χ1n) is 8.25. The lowest BCUT2D eigenvalue weighted by atomic mass is 10.1. The fraction of sp³-hybridized carbons (Fsp3) is 0.150. The number of rotatable bonds is 5. The first kappa shape index (κ1) is 17.4. The van der Waals surface area contributed by atoms with Gasteiger partial charge in [0.15, 0.2) is 0 Å². The van der Waals surface area contributed by atoms with Crippen molar-refractivity contribution in [1.29, 1.82) is 0 Å². The lowest BCUT2D eigenvalue weighted by Gasteiger charge is -2.16. The number of benzene rings is 2. The molecule has 2 aromatic carbocycles. The third-order valence-corrected chi connectivity index (χ3v) is 3.88. The summed E-state index contributed by atoms with van der Waals surface area (Å²) in [5.41, 5.74) is 3.15. The lowest BCUT2D eigenvalue weighted by molar-refractivity contribution is -0.114. The lowest BCUT2D eigenvalue weighted by Crippen LogP contribution is -2.26. The van der Waals surface area contributed by atoms with Crippen LogP contribution in [0.4, 0.5) is 5.69 Å². The summed E-state index contributed by atoms with van der Waals surface area (Å²) < 4.78 is 1.79. The number of hydrogen-bond acceptors (Lipinski definition) is 3. The van der Waals surface area contributed by atoms with Crippen molar-refractivity contribution in [3.8, 4) is 5.69 Å². The van der Waals surface area contributed by atoms with Crippen LogP contribution in [0, 0.1) is 0 Å². The second-order valence-corrected chi connectivity index (χ2v) is 6.05. The zero-order valence-corrected chi connectivity index (χ0v) is 14.7. The van der Waals surface area contributed by atoms with Gasteiger partial charge >= 0.3 is 0 Å². The number of nitrogens with zero attached hydrogens (tertiary/aromatic N) is 3. The summed E-state index contributed by atoms with van der Waals surface area (Å²) in [7, 11) is 1.75. The summed E-state index contributed by atoms with van der Waals surface area (Å²) in [5, 5.41) is 7.03. The molecule has 0 saturated carbocycles. The van der Waals surface area contributed by atoms with Crippen molar-refractivity contribution in [2.24, 2.45) is 0 Å². The van der Waals surface area contributed by atoms with Crippen LogP contribution in [0.1, 0.15) is 22.8 Å². The normalized spacial score (nSPS) is 10.4. The number of amides is 2. The minimum absolute atomic E-state index is 0.0909. The number of hydrogen-bond donors (Lipinski definition) is 1. The molecule has 2 amide bonds. The number of carbonyl (C=O) groups is 2. The third-order valence-electron chi connectivity index (χ3n) is 3.88. The molecule has 3 rings (SSSR count). The minimum atomic E-state index is -0.142. The van der Waals surface area contributed by atoms with Crippen LogP contribution >= 0.6 is 0 Å². The fourth-order valence-electron chi connectivity index (χ4n) is 2.63. The molecule has 0 atom stereocenters. The van der Waals surface area contributed by atoms with Gasteiger partial charge in [0.25, 0.3) is 5.91 Å². The van der Waals surface area contributed by atoms with E-state index in [-0.39, 0.29) is 11.8 Å². The van der Waals surface area contributed by atoms with Crippen LogP contribution in [-0.2, 0) is 11.3 Å². The Kier molecular flexibility index (Phi) is 5.12. The van der Waals surface area contributed by atoms with Gasteiger partial charge in [-0.05, 0) is 36.4 Å². The minimum Gasteiger partial charge on any atom is -0.337 e. The molecule has 0 unspecified atom stereocenters. The number of para-hydroxylation sites is 1. The van der Waals surface area contributed by atoms with Gasteiger partial charge in [-0.1, -0.05) is 18.2 Å². The van der Waals surface area contributed by atoms with Crippen molar-refractivity contribution in [3.63, 3.8) is 0 Å². The van der Waals surface area contributed by atoms with E-state index in [9.17, 15) is 9.59 Å². The molecule has 132 valence electrons. The van der Waals surface area contributed by atoms with Gasteiger partial charge in [0, 0.05) is 43.5 Å². The van der Waals surface area contributed by atoms with Crippen molar-refractivity contribution in [1.82, 2.24) is 14.7 Å². The van der Waals surface area contributed by atoms with Crippen LogP contribution in [0.25, 0.3) is 5.69 Å². The molecule has 1 aromatic heterocycles. The summed E-state index contributed by atoms with van der Waals surface area (Å²) in [4.78, 5) is 25.3. The molecule has 0 aliphatic carbocycles. The van der Waals surface area contributed by atoms with Gasteiger partial charge < -0.3 is 10.2 Å². The first-order chi connectivity index (χ1) is 12.5. The van der Waals surface area contributed by atoms with Crippen molar-refractivity contribution in [2.45, 2.75) is 13.5 Å². The van der Waals surface area contributed by atoms with Crippen LogP contribution < -0.4 is 5.32 Å². The Balaban J connectivity index is 1.66. The Bertz CT molecular complexity index is 901. The fourth-order valence-corrected chi connectivity index (χ4v) is 2.63. The largest absolute Gasteiger partial charge is 0.337 e. The molecule has 0 fully saturated rings. The number of anilines is 1. The van der Waals surface area contributed by atoms with Gasteiger partial charge in [-0.2, -0.15) is 5.10 Å². The zero-order valence-electron chi connectivity index (χ0n) is 14.7. The predicted octanol–water partition coefficient (Wildman–Crippen LogP) is 3.10. The zero-order chi connectivity index (χ0) is 18.5. The van der Waals surface area contributed by atoms with E-state index < -0.39 is 0 Å². The average Bonchev–Trinajstić information content (AvgIpc) is 3.10. The highest BCUT2D eigenvalue weighted by molar-refractivity contribution is 5.95. The SMILES string of the molecule is CC(=O)Nc1ccc(C(=O)N(C)Cc2cnn(-c3ccccc3)c2)cc1. The highest BCUT2D eigenvalue weighted by atomic mass is 16.2. The van der Waals surface area contributed by atoms with E-state index in [1.807, 2.05) is 36.5 Å². The molecular weight excluding hydrogens is 328 g/mol. The number of aromatic nitrogens is 2. The maximum absolute atomic E-state index is 12.6. The molecule has 6 heteroatoms. The van der Waals surface area contributed by atoms with E-state index >= 15 is 0 Å². The smallest absolute Gasteiger partial charge is 0.253 e. The van der Waals surface area contributed by atoms with E-state index in [0.29, 0.717) is 17.8 Å². The van der Waals surface area contributed by atoms with Crippen LogP contribution in [0.15, 0.2) is 67.0 Å². The monoisotopic (exact) mass is 348 g/mol. The molecule has 6 nitrogen and oxygen atoms in total. The van der Waals surface area contributed by atoms with Gasteiger partial charge in [0.2, 0.25) is 5.91 Å². The summed E-state index contributed by atoms with van der Waals surface area (Å²) >= 11 is 0. The Hall–Kier alpha value is -3.41. The molecule has 0 radical (unpaired) electrons. The highest BCUT2D eigenvalue weighted by Gasteiger charge is 2.13. The molecular formula is C20H20N4O2. The third kappa shape index (κ3) is 4.16. The maximum atomic E-state index is 12.6. The van der Waals surface area contributed by atoms with Crippen molar-refractivity contribution >= 4 is 17.5 Å². The van der Waals surface area contributed by atoms with E-state index in [2.05, 4.69) is 10.4 Å². The van der Waals surface area contributed by atoms with Gasteiger partial charge in [0.1, 0.15) is 0 Å². The average molecular weight is 348 g/mol. The predicted molar refractivity (Wildman–Crippen MR) is 100 cm³/mol. The van der Waals surface area contributed by atoms with E-state index in [1.165, 1.54) is 6.92 Å². The maximum Gasteiger partial charge on any atom is 0.253 e. The molecule has 0 bridgehead atoms. The van der Waals surface area contributed by atoms with Gasteiger partial charge in [-0.3, -0.25) is 9.59 Å². The molecule has 0 saturated heterocycles. The second kappa shape index (κ2) is 7.65. The number of carbonyl (C=O) groups excluding carboxylic acids is 2. The topological polar surface area (TPSA) is 67.2 Å². The molecule has 0 aliphatic heterocycles.